The first-order valence-corrected chi connectivity index (χ1v) is 9.39. The fourth-order valence-electron chi connectivity index (χ4n) is 2.17. The average molecular weight is 324 g/mol. The molecular formula is C14H16N2O3S2. The summed E-state index contributed by atoms with van der Waals surface area (Å²) in [6, 6.07) is 6.80. The Kier molecular flexibility index (Phi) is 4.08. The highest BCUT2D eigenvalue weighted by Gasteiger charge is 2.19. The standard InChI is InChI=1S/C14H16N2O3S2/c1-21(17,18)11-4-2-10(3-5-11)12-9-20-14(16-12)13-8-15-6-7-19-13/h2-5,9,13,15H,6-8H2,1H3. The number of sulfone groups is 1. The number of morpholine rings is 1. The summed E-state index contributed by atoms with van der Waals surface area (Å²) in [5, 5.41) is 6.20. The maximum absolute atomic E-state index is 11.5. The highest BCUT2D eigenvalue weighted by Crippen LogP contribution is 2.28. The molecule has 112 valence electrons. The fraction of sp³-hybridized carbons (Fsp3) is 0.357. The van der Waals surface area contributed by atoms with Crippen molar-refractivity contribution in [3.63, 3.8) is 0 Å². The van der Waals surface area contributed by atoms with Crippen molar-refractivity contribution in [2.24, 2.45) is 0 Å². The molecule has 0 saturated carbocycles. The van der Waals surface area contributed by atoms with Crippen molar-refractivity contribution in [3.8, 4) is 11.3 Å². The maximum Gasteiger partial charge on any atom is 0.175 e. The zero-order valence-corrected chi connectivity index (χ0v) is 13.2. The van der Waals surface area contributed by atoms with E-state index in [1.807, 2.05) is 5.38 Å². The molecule has 1 N–H and O–H groups in total. The zero-order valence-electron chi connectivity index (χ0n) is 11.6. The average Bonchev–Trinajstić information content (AvgIpc) is 2.97. The molecule has 1 unspecified atom stereocenters. The van der Waals surface area contributed by atoms with Crippen molar-refractivity contribution in [1.29, 1.82) is 0 Å². The van der Waals surface area contributed by atoms with Crippen LogP contribution in [-0.2, 0) is 14.6 Å². The molecule has 1 fully saturated rings. The molecule has 0 spiro atoms. The topological polar surface area (TPSA) is 68.3 Å². The Morgan fingerprint density at radius 2 is 2.10 bits per heavy atom. The normalized spacial score (nSPS) is 19.6. The summed E-state index contributed by atoms with van der Waals surface area (Å²) in [6.45, 7) is 2.35. The molecule has 7 heteroatoms. The zero-order chi connectivity index (χ0) is 14.9. The SMILES string of the molecule is CS(=O)(=O)c1ccc(-c2csc(C3CNCCO3)n2)cc1. The molecule has 0 aliphatic carbocycles. The number of hydrogen-bond donors (Lipinski definition) is 1. The molecule has 1 atom stereocenters. The first-order valence-electron chi connectivity index (χ1n) is 6.62. The fourth-order valence-corrected chi connectivity index (χ4v) is 3.67. The predicted molar refractivity (Wildman–Crippen MR) is 82.2 cm³/mol. The summed E-state index contributed by atoms with van der Waals surface area (Å²) in [6.07, 6.45) is 1.21. The Labute approximate surface area is 127 Å². The van der Waals surface area contributed by atoms with Crippen LogP contribution in [0.3, 0.4) is 0 Å². The molecule has 1 aliphatic rings. The monoisotopic (exact) mass is 324 g/mol. The third-order valence-corrected chi connectivity index (χ3v) is 5.37. The lowest BCUT2D eigenvalue weighted by atomic mass is 10.2. The van der Waals surface area contributed by atoms with Gasteiger partial charge in [0.15, 0.2) is 9.84 Å². The van der Waals surface area contributed by atoms with Crippen LogP contribution in [0.25, 0.3) is 11.3 Å². The molecular weight excluding hydrogens is 308 g/mol. The maximum atomic E-state index is 11.5. The van der Waals surface area contributed by atoms with Crippen molar-refractivity contribution in [2.75, 3.05) is 26.0 Å². The number of hydrogen-bond acceptors (Lipinski definition) is 6. The summed E-state index contributed by atoms with van der Waals surface area (Å²) in [5.74, 6) is 0. The lowest BCUT2D eigenvalue weighted by Gasteiger charge is -2.21. The summed E-state index contributed by atoms with van der Waals surface area (Å²) < 4.78 is 28.6. The van der Waals surface area contributed by atoms with Crippen molar-refractivity contribution in [3.05, 3.63) is 34.7 Å². The second-order valence-corrected chi connectivity index (χ2v) is 7.84. The van der Waals surface area contributed by atoms with E-state index in [0.717, 1.165) is 29.4 Å². The van der Waals surface area contributed by atoms with Gasteiger partial charge in [0.25, 0.3) is 0 Å². The van der Waals surface area contributed by atoms with Gasteiger partial charge in [-0.25, -0.2) is 13.4 Å². The van der Waals surface area contributed by atoms with Gasteiger partial charge in [-0.2, -0.15) is 0 Å². The second-order valence-electron chi connectivity index (χ2n) is 4.93. The first kappa shape index (κ1) is 14.6. The van der Waals surface area contributed by atoms with E-state index < -0.39 is 9.84 Å². The van der Waals surface area contributed by atoms with Crippen LogP contribution < -0.4 is 5.32 Å². The highest BCUT2D eigenvalue weighted by molar-refractivity contribution is 7.90. The minimum atomic E-state index is -3.16. The van der Waals surface area contributed by atoms with Crippen LogP contribution in [0.5, 0.6) is 0 Å². The van der Waals surface area contributed by atoms with E-state index in [1.54, 1.807) is 35.6 Å². The third kappa shape index (κ3) is 3.32. The Balaban J connectivity index is 1.82. The quantitative estimate of drug-likeness (QED) is 0.933. The van der Waals surface area contributed by atoms with Crippen molar-refractivity contribution in [2.45, 2.75) is 11.0 Å². The molecule has 1 aliphatic heterocycles. The van der Waals surface area contributed by atoms with Gasteiger partial charge in [-0.3, -0.25) is 0 Å². The van der Waals surface area contributed by atoms with Gasteiger partial charge in [0, 0.05) is 30.3 Å². The summed E-state index contributed by atoms with van der Waals surface area (Å²) in [4.78, 5) is 4.92. The molecule has 5 nitrogen and oxygen atoms in total. The van der Waals surface area contributed by atoms with Crippen LogP contribution in [0.4, 0.5) is 0 Å². The van der Waals surface area contributed by atoms with Gasteiger partial charge in [0.1, 0.15) is 11.1 Å². The van der Waals surface area contributed by atoms with Gasteiger partial charge in [-0.05, 0) is 12.1 Å². The predicted octanol–water partition coefficient (Wildman–Crippen LogP) is 1.87. The Bertz CT molecular complexity index is 717. The van der Waals surface area contributed by atoms with Crippen LogP contribution in [-0.4, -0.2) is 39.4 Å². The largest absolute Gasteiger partial charge is 0.368 e. The number of nitrogens with zero attached hydrogens (tertiary/aromatic N) is 1. The van der Waals surface area contributed by atoms with Crippen LogP contribution >= 0.6 is 11.3 Å². The van der Waals surface area contributed by atoms with Crippen LogP contribution in [0.15, 0.2) is 34.5 Å². The number of thiazole rings is 1. The van der Waals surface area contributed by atoms with Gasteiger partial charge in [-0.1, -0.05) is 12.1 Å². The Morgan fingerprint density at radius 1 is 1.33 bits per heavy atom. The van der Waals surface area contributed by atoms with E-state index in [9.17, 15) is 8.42 Å². The lowest BCUT2D eigenvalue weighted by molar-refractivity contribution is 0.0276. The minimum absolute atomic E-state index is 0.00722. The van der Waals surface area contributed by atoms with E-state index >= 15 is 0 Å². The van der Waals surface area contributed by atoms with E-state index in [-0.39, 0.29) is 6.10 Å². The van der Waals surface area contributed by atoms with Crippen molar-refractivity contribution < 1.29 is 13.2 Å². The summed E-state index contributed by atoms with van der Waals surface area (Å²) in [7, 11) is -3.16. The Hall–Kier alpha value is -1.28. The molecule has 1 aromatic carbocycles. The first-order chi connectivity index (χ1) is 10.0. The van der Waals surface area contributed by atoms with Crippen LogP contribution in [0, 0.1) is 0 Å². The molecule has 1 saturated heterocycles. The van der Waals surface area contributed by atoms with Gasteiger partial charge in [0.05, 0.1) is 17.2 Å². The van der Waals surface area contributed by atoms with Gasteiger partial charge in [0.2, 0.25) is 0 Å². The van der Waals surface area contributed by atoms with Crippen LogP contribution in [0.1, 0.15) is 11.1 Å². The molecule has 2 heterocycles. The second kappa shape index (κ2) is 5.84. The lowest BCUT2D eigenvalue weighted by Crippen LogP contribution is -2.33. The number of ether oxygens (including phenoxy) is 1. The molecule has 21 heavy (non-hydrogen) atoms. The van der Waals surface area contributed by atoms with Gasteiger partial charge >= 0.3 is 0 Å². The number of benzene rings is 1. The van der Waals surface area contributed by atoms with E-state index in [4.69, 9.17) is 4.74 Å². The molecule has 1 aromatic heterocycles. The van der Waals surface area contributed by atoms with E-state index in [1.165, 1.54) is 6.26 Å². The minimum Gasteiger partial charge on any atom is -0.368 e. The molecule has 3 rings (SSSR count). The van der Waals surface area contributed by atoms with Crippen molar-refractivity contribution in [1.82, 2.24) is 10.3 Å². The molecule has 0 radical (unpaired) electrons. The number of nitrogens with one attached hydrogen (secondary N) is 1. The third-order valence-electron chi connectivity index (χ3n) is 3.30. The molecule has 0 bridgehead atoms. The summed E-state index contributed by atoms with van der Waals surface area (Å²) >= 11 is 1.57. The highest BCUT2D eigenvalue weighted by atomic mass is 32.2. The smallest absolute Gasteiger partial charge is 0.175 e. The van der Waals surface area contributed by atoms with Gasteiger partial charge < -0.3 is 10.1 Å². The van der Waals surface area contributed by atoms with Crippen LogP contribution in [0.2, 0.25) is 0 Å². The number of rotatable bonds is 3. The molecule has 0 amide bonds. The summed E-state index contributed by atoms with van der Waals surface area (Å²) in [5.41, 5.74) is 1.76. The Morgan fingerprint density at radius 3 is 2.71 bits per heavy atom. The van der Waals surface area contributed by atoms with E-state index in [0.29, 0.717) is 11.5 Å². The van der Waals surface area contributed by atoms with Crippen molar-refractivity contribution >= 4 is 21.2 Å². The van der Waals surface area contributed by atoms with Gasteiger partial charge in [-0.15, -0.1) is 11.3 Å². The number of aromatic nitrogens is 1. The van der Waals surface area contributed by atoms with E-state index in [2.05, 4.69) is 10.3 Å². The molecule has 2 aromatic rings.